The van der Waals surface area contributed by atoms with E-state index in [4.69, 9.17) is 4.98 Å². The van der Waals surface area contributed by atoms with Crippen molar-refractivity contribution in [3.8, 4) is 0 Å². The summed E-state index contributed by atoms with van der Waals surface area (Å²) < 4.78 is 1.07. The van der Waals surface area contributed by atoms with Crippen LogP contribution in [0.25, 0.3) is 9.53 Å². The van der Waals surface area contributed by atoms with Gasteiger partial charge in [-0.25, -0.2) is 9.97 Å². The maximum Gasteiger partial charge on any atom is 0.267 e. The first-order chi connectivity index (χ1) is 12.6. The quantitative estimate of drug-likeness (QED) is 0.695. The zero-order chi connectivity index (χ0) is 18.3. The molecule has 1 aliphatic rings. The Hall–Kier alpha value is -1.55. The lowest BCUT2D eigenvalue weighted by Crippen LogP contribution is -2.25. The van der Waals surface area contributed by atoms with Crippen LogP contribution in [0.5, 0.6) is 0 Å². The minimum atomic E-state index is -0.0935. The fourth-order valence-electron chi connectivity index (χ4n) is 3.00. The van der Waals surface area contributed by atoms with E-state index in [1.165, 1.54) is 16.2 Å². The first kappa shape index (κ1) is 17.8. The summed E-state index contributed by atoms with van der Waals surface area (Å²) in [6.45, 7) is 8.07. The Bertz CT molecular complexity index is 908. The molecule has 9 heteroatoms. The van der Waals surface area contributed by atoms with E-state index in [9.17, 15) is 4.79 Å². The second-order valence-electron chi connectivity index (χ2n) is 6.28. The van der Waals surface area contributed by atoms with Crippen molar-refractivity contribution in [2.75, 3.05) is 36.9 Å². The number of carbonyl (C=O) groups excluding carboxylic acids is 1. The Morgan fingerprint density at radius 2 is 2.08 bits per heavy atom. The lowest BCUT2D eigenvalue weighted by Gasteiger charge is -2.20. The van der Waals surface area contributed by atoms with Crippen molar-refractivity contribution in [3.63, 3.8) is 0 Å². The fraction of sp³-hybridized carbons (Fsp3) is 0.471. The molecule has 0 unspecified atom stereocenters. The van der Waals surface area contributed by atoms with Crippen LogP contribution in [0.2, 0.25) is 0 Å². The van der Waals surface area contributed by atoms with Crippen LogP contribution in [0.4, 0.5) is 10.3 Å². The summed E-state index contributed by atoms with van der Waals surface area (Å²) in [6.07, 6.45) is 0.949. The summed E-state index contributed by atoms with van der Waals surface area (Å²) in [7, 11) is 2.11. The fourth-order valence-corrected chi connectivity index (χ4v) is 6.32. The summed E-state index contributed by atoms with van der Waals surface area (Å²) in [5.41, 5.74) is 1.13. The third-order valence-corrected chi connectivity index (χ3v) is 7.70. The molecule has 0 bridgehead atoms. The number of amides is 1. The van der Waals surface area contributed by atoms with Gasteiger partial charge in [0, 0.05) is 37.5 Å². The van der Waals surface area contributed by atoms with Crippen molar-refractivity contribution in [2.24, 2.45) is 0 Å². The molecule has 0 spiro atoms. The largest absolute Gasteiger partial charge is 0.349 e. The molecule has 0 saturated heterocycles. The molecule has 3 aromatic rings. The maximum absolute atomic E-state index is 12.6. The molecule has 0 atom stereocenters. The van der Waals surface area contributed by atoms with E-state index in [0.717, 1.165) is 53.0 Å². The molecule has 138 valence electrons. The highest BCUT2D eigenvalue weighted by molar-refractivity contribution is 7.29. The lowest BCUT2D eigenvalue weighted by molar-refractivity contribution is 0.103. The van der Waals surface area contributed by atoms with Crippen LogP contribution in [0.1, 0.15) is 34.1 Å². The molecule has 0 aliphatic carbocycles. The van der Waals surface area contributed by atoms with Gasteiger partial charge < -0.3 is 9.80 Å². The minimum absolute atomic E-state index is 0.0935. The molecule has 4 rings (SSSR count). The van der Waals surface area contributed by atoms with Gasteiger partial charge in [0.15, 0.2) is 10.3 Å². The van der Waals surface area contributed by atoms with Crippen LogP contribution >= 0.6 is 34.0 Å². The molecule has 1 amide bonds. The average Bonchev–Trinajstić information content (AvgIpc) is 3.28. The normalized spacial score (nSPS) is 14.6. The summed E-state index contributed by atoms with van der Waals surface area (Å²) in [4.78, 5) is 29.3. The van der Waals surface area contributed by atoms with Gasteiger partial charge in [-0.05, 0) is 27.0 Å². The third kappa shape index (κ3) is 3.36. The SMILES string of the molecule is CCN(CC)c1nc2sc(C(=O)Nc3nc4c(s3)CN(C)CC4)cc2s1. The highest BCUT2D eigenvalue weighted by Gasteiger charge is 2.21. The van der Waals surface area contributed by atoms with Gasteiger partial charge in [-0.2, -0.15) is 0 Å². The number of hydrogen-bond donors (Lipinski definition) is 1. The second kappa shape index (κ2) is 7.22. The number of carbonyl (C=O) groups is 1. The van der Waals surface area contributed by atoms with Crippen LogP contribution in [0.15, 0.2) is 6.07 Å². The van der Waals surface area contributed by atoms with Crippen LogP contribution < -0.4 is 10.2 Å². The molecular weight excluding hydrogens is 386 g/mol. The molecule has 0 fully saturated rings. The average molecular weight is 408 g/mol. The van der Waals surface area contributed by atoms with E-state index in [1.807, 2.05) is 6.07 Å². The summed E-state index contributed by atoms with van der Waals surface area (Å²) in [6, 6.07) is 1.95. The van der Waals surface area contributed by atoms with E-state index in [2.05, 4.69) is 41.0 Å². The number of anilines is 2. The van der Waals surface area contributed by atoms with E-state index in [-0.39, 0.29) is 5.91 Å². The summed E-state index contributed by atoms with van der Waals surface area (Å²) in [5, 5.41) is 4.69. The van der Waals surface area contributed by atoms with Gasteiger partial charge >= 0.3 is 0 Å². The van der Waals surface area contributed by atoms with Crippen molar-refractivity contribution >= 4 is 59.7 Å². The smallest absolute Gasteiger partial charge is 0.267 e. The van der Waals surface area contributed by atoms with Crippen molar-refractivity contribution in [1.82, 2.24) is 14.9 Å². The molecule has 1 N–H and O–H groups in total. The Morgan fingerprint density at radius 3 is 2.81 bits per heavy atom. The number of nitrogens with zero attached hydrogens (tertiary/aromatic N) is 4. The molecule has 26 heavy (non-hydrogen) atoms. The monoisotopic (exact) mass is 407 g/mol. The van der Waals surface area contributed by atoms with Gasteiger partial charge in [0.2, 0.25) is 0 Å². The molecule has 0 saturated carbocycles. The van der Waals surface area contributed by atoms with E-state index >= 15 is 0 Å². The van der Waals surface area contributed by atoms with Gasteiger partial charge in [-0.1, -0.05) is 11.3 Å². The molecule has 1 aliphatic heterocycles. The highest BCUT2D eigenvalue weighted by atomic mass is 32.1. The van der Waals surface area contributed by atoms with Gasteiger partial charge in [-0.3, -0.25) is 10.1 Å². The van der Waals surface area contributed by atoms with Crippen LogP contribution in [0.3, 0.4) is 0 Å². The van der Waals surface area contributed by atoms with Crippen molar-refractivity contribution in [3.05, 3.63) is 21.5 Å². The Balaban J connectivity index is 1.50. The van der Waals surface area contributed by atoms with Crippen LogP contribution in [0, 0.1) is 0 Å². The topological polar surface area (TPSA) is 61.4 Å². The Morgan fingerprint density at radius 1 is 1.27 bits per heavy atom. The van der Waals surface area contributed by atoms with Crippen molar-refractivity contribution < 1.29 is 4.79 Å². The van der Waals surface area contributed by atoms with Gasteiger partial charge in [0.05, 0.1) is 15.3 Å². The minimum Gasteiger partial charge on any atom is -0.349 e. The Labute approximate surface area is 164 Å². The number of likely N-dealkylation sites (N-methyl/N-ethyl adjacent to an activating group) is 1. The molecule has 4 heterocycles. The van der Waals surface area contributed by atoms with Gasteiger partial charge in [0.25, 0.3) is 5.91 Å². The number of nitrogens with one attached hydrogen (secondary N) is 1. The van der Waals surface area contributed by atoms with Crippen molar-refractivity contribution in [1.29, 1.82) is 0 Å². The zero-order valence-electron chi connectivity index (χ0n) is 15.0. The second-order valence-corrected chi connectivity index (χ2v) is 9.40. The lowest BCUT2D eigenvalue weighted by atomic mass is 10.2. The summed E-state index contributed by atoms with van der Waals surface area (Å²) in [5.74, 6) is -0.0935. The molecule has 3 aromatic heterocycles. The molecular formula is C17H21N5OS3. The maximum atomic E-state index is 12.6. The molecule has 6 nitrogen and oxygen atoms in total. The van der Waals surface area contributed by atoms with Crippen LogP contribution in [-0.2, 0) is 13.0 Å². The number of hydrogen-bond acceptors (Lipinski definition) is 8. The van der Waals surface area contributed by atoms with E-state index in [0.29, 0.717) is 10.0 Å². The van der Waals surface area contributed by atoms with E-state index < -0.39 is 0 Å². The summed E-state index contributed by atoms with van der Waals surface area (Å²) >= 11 is 4.68. The standard InChI is InChI=1S/C17H21N5OS3/c1-4-22(5-2)17-20-15-12(26-17)8-11(24-15)14(23)19-16-18-10-6-7-21(3)9-13(10)25-16/h8H,4-7,9H2,1-3H3,(H,18,19,23). The first-order valence-electron chi connectivity index (χ1n) is 8.71. The zero-order valence-corrected chi connectivity index (χ0v) is 17.5. The number of aromatic nitrogens is 2. The van der Waals surface area contributed by atoms with Crippen LogP contribution in [-0.4, -0.2) is 47.5 Å². The molecule has 0 radical (unpaired) electrons. The van der Waals surface area contributed by atoms with Crippen molar-refractivity contribution in [2.45, 2.75) is 26.8 Å². The molecule has 0 aromatic carbocycles. The number of thiophene rings is 1. The number of fused-ring (bicyclic) bond motifs is 2. The third-order valence-electron chi connectivity index (χ3n) is 4.48. The number of rotatable bonds is 5. The highest BCUT2D eigenvalue weighted by Crippen LogP contribution is 2.35. The number of thiazole rings is 2. The Kier molecular flexibility index (Phi) is 4.96. The predicted molar refractivity (Wildman–Crippen MR) is 111 cm³/mol. The van der Waals surface area contributed by atoms with Gasteiger partial charge in [-0.15, -0.1) is 22.7 Å². The first-order valence-corrected chi connectivity index (χ1v) is 11.2. The predicted octanol–water partition coefficient (Wildman–Crippen LogP) is 3.90. The van der Waals surface area contributed by atoms with E-state index in [1.54, 1.807) is 22.7 Å². The van der Waals surface area contributed by atoms with Gasteiger partial charge in [0.1, 0.15) is 4.83 Å².